The molecule has 0 fully saturated rings. The van der Waals surface area contributed by atoms with Gasteiger partial charge in [0.15, 0.2) is 0 Å². The van der Waals surface area contributed by atoms with Gasteiger partial charge >= 0.3 is 0 Å². The maximum Gasteiger partial charge on any atom is 0.0707 e. The fourth-order valence-corrected chi connectivity index (χ4v) is 2.96. The summed E-state index contributed by atoms with van der Waals surface area (Å²) < 4.78 is 0. The number of aromatic nitrogens is 1. The van der Waals surface area contributed by atoms with E-state index in [1.165, 1.54) is 21.5 Å². The van der Waals surface area contributed by atoms with Crippen LogP contribution in [0, 0.1) is 6.92 Å². The molecule has 2 heteroatoms. The van der Waals surface area contributed by atoms with E-state index in [-0.39, 0.29) is 0 Å². The van der Waals surface area contributed by atoms with Crippen LogP contribution in [0.25, 0.3) is 10.9 Å². The van der Waals surface area contributed by atoms with Crippen LogP contribution in [-0.2, 0) is 12.8 Å². The van der Waals surface area contributed by atoms with Crippen LogP contribution in [0.1, 0.15) is 16.1 Å². The first-order chi connectivity index (χ1) is 8.83. The van der Waals surface area contributed by atoms with Crippen molar-refractivity contribution in [1.82, 2.24) is 4.98 Å². The molecule has 3 aromatic rings. The van der Waals surface area contributed by atoms with Crippen molar-refractivity contribution in [2.75, 3.05) is 0 Å². The quantitative estimate of drug-likeness (QED) is 0.674. The van der Waals surface area contributed by atoms with Crippen molar-refractivity contribution in [3.05, 3.63) is 64.0 Å². The molecule has 2 aromatic heterocycles. The summed E-state index contributed by atoms with van der Waals surface area (Å²) in [5, 5.41) is 3.39. The van der Waals surface area contributed by atoms with Crippen molar-refractivity contribution in [3.63, 3.8) is 0 Å². The molecule has 2 heterocycles. The molecule has 0 atom stereocenters. The summed E-state index contributed by atoms with van der Waals surface area (Å²) in [6.45, 7) is 2.17. The molecular weight excluding hydrogens is 238 g/mol. The Bertz CT molecular complexity index is 656. The van der Waals surface area contributed by atoms with Crippen LogP contribution in [0.5, 0.6) is 0 Å². The molecule has 1 aromatic carbocycles. The third-order valence-electron chi connectivity index (χ3n) is 3.18. The van der Waals surface area contributed by atoms with Gasteiger partial charge in [0.25, 0.3) is 0 Å². The van der Waals surface area contributed by atoms with Crippen molar-refractivity contribution in [2.24, 2.45) is 0 Å². The first-order valence-corrected chi connectivity index (χ1v) is 7.08. The fourth-order valence-electron chi connectivity index (χ4n) is 2.25. The molecule has 0 saturated heterocycles. The highest BCUT2D eigenvalue weighted by Crippen LogP contribution is 2.19. The molecule has 0 unspecified atom stereocenters. The Morgan fingerprint density at radius 3 is 2.78 bits per heavy atom. The van der Waals surface area contributed by atoms with E-state index in [4.69, 9.17) is 4.98 Å². The Morgan fingerprint density at radius 2 is 1.94 bits per heavy atom. The monoisotopic (exact) mass is 253 g/mol. The minimum atomic E-state index is 1.02. The summed E-state index contributed by atoms with van der Waals surface area (Å²) in [5.41, 5.74) is 3.63. The summed E-state index contributed by atoms with van der Waals surface area (Å²) in [5.74, 6) is 0. The van der Waals surface area contributed by atoms with E-state index in [2.05, 4.69) is 54.8 Å². The summed E-state index contributed by atoms with van der Waals surface area (Å²) in [6, 6.07) is 14.9. The number of rotatable bonds is 3. The van der Waals surface area contributed by atoms with Crippen molar-refractivity contribution in [1.29, 1.82) is 0 Å². The van der Waals surface area contributed by atoms with Gasteiger partial charge in [0.1, 0.15) is 0 Å². The van der Waals surface area contributed by atoms with E-state index in [9.17, 15) is 0 Å². The molecule has 0 saturated carbocycles. The van der Waals surface area contributed by atoms with Gasteiger partial charge in [0.2, 0.25) is 0 Å². The van der Waals surface area contributed by atoms with E-state index in [0.29, 0.717) is 0 Å². The summed E-state index contributed by atoms with van der Waals surface area (Å²) in [7, 11) is 0. The van der Waals surface area contributed by atoms with Gasteiger partial charge in [-0.25, -0.2) is 0 Å². The fraction of sp³-hybridized carbons (Fsp3) is 0.188. The molecule has 0 spiro atoms. The summed E-state index contributed by atoms with van der Waals surface area (Å²) in [4.78, 5) is 6.17. The van der Waals surface area contributed by atoms with Crippen molar-refractivity contribution >= 4 is 22.2 Å². The largest absolute Gasteiger partial charge is 0.253 e. The lowest BCUT2D eigenvalue weighted by molar-refractivity contribution is 0.936. The van der Waals surface area contributed by atoms with Gasteiger partial charge in [0, 0.05) is 16.0 Å². The molecule has 0 radical (unpaired) electrons. The Kier molecular flexibility index (Phi) is 3.11. The van der Waals surface area contributed by atoms with Crippen molar-refractivity contribution < 1.29 is 0 Å². The SMILES string of the molecule is Cc1cc(CCc2cccs2)nc2ccccc12. The number of para-hydroxylation sites is 1. The molecule has 3 rings (SSSR count). The number of fused-ring (bicyclic) bond motifs is 1. The minimum absolute atomic E-state index is 1.02. The lowest BCUT2D eigenvalue weighted by Gasteiger charge is -2.05. The standard InChI is InChI=1S/C16H15NS/c1-12-11-13(8-9-14-5-4-10-18-14)17-16-7-3-2-6-15(12)16/h2-7,10-11H,8-9H2,1H3. The van der Waals surface area contributed by atoms with Gasteiger partial charge in [-0.1, -0.05) is 24.3 Å². The molecule has 0 aliphatic rings. The van der Waals surface area contributed by atoms with Crippen LogP contribution in [-0.4, -0.2) is 4.98 Å². The van der Waals surface area contributed by atoms with Gasteiger partial charge in [-0.2, -0.15) is 0 Å². The lowest BCUT2D eigenvalue weighted by atomic mass is 10.1. The van der Waals surface area contributed by atoms with Crippen LogP contribution in [0.2, 0.25) is 0 Å². The van der Waals surface area contributed by atoms with E-state index >= 15 is 0 Å². The van der Waals surface area contributed by atoms with Gasteiger partial charge in [-0.3, -0.25) is 4.98 Å². The minimum Gasteiger partial charge on any atom is -0.253 e. The normalized spacial score (nSPS) is 10.9. The van der Waals surface area contributed by atoms with E-state index in [1.807, 2.05) is 11.3 Å². The van der Waals surface area contributed by atoms with Gasteiger partial charge in [-0.15, -0.1) is 11.3 Å². The number of pyridine rings is 1. The average molecular weight is 253 g/mol. The van der Waals surface area contributed by atoms with Crippen LogP contribution in [0.4, 0.5) is 0 Å². The maximum absolute atomic E-state index is 4.74. The van der Waals surface area contributed by atoms with Gasteiger partial charge < -0.3 is 0 Å². The number of nitrogens with zero attached hydrogens (tertiary/aromatic N) is 1. The Morgan fingerprint density at radius 1 is 1.06 bits per heavy atom. The topological polar surface area (TPSA) is 12.9 Å². The molecule has 18 heavy (non-hydrogen) atoms. The zero-order chi connectivity index (χ0) is 12.4. The molecule has 0 bridgehead atoms. The highest BCUT2D eigenvalue weighted by Gasteiger charge is 2.03. The number of hydrogen-bond acceptors (Lipinski definition) is 2. The third kappa shape index (κ3) is 2.29. The molecular formula is C16H15NS. The molecule has 0 amide bonds. The first kappa shape index (κ1) is 11.4. The number of aryl methyl sites for hydroxylation is 3. The molecule has 90 valence electrons. The molecule has 1 nitrogen and oxygen atoms in total. The molecule has 0 aliphatic heterocycles. The van der Waals surface area contributed by atoms with E-state index in [1.54, 1.807) is 0 Å². The lowest BCUT2D eigenvalue weighted by Crippen LogP contribution is -1.95. The second-order valence-electron chi connectivity index (χ2n) is 4.53. The van der Waals surface area contributed by atoms with E-state index < -0.39 is 0 Å². The Labute approximate surface area is 111 Å². The predicted octanol–water partition coefficient (Wildman–Crippen LogP) is 4.39. The second-order valence-corrected chi connectivity index (χ2v) is 5.56. The van der Waals surface area contributed by atoms with Gasteiger partial charge in [0.05, 0.1) is 5.52 Å². The van der Waals surface area contributed by atoms with E-state index in [0.717, 1.165) is 18.4 Å². The maximum atomic E-state index is 4.74. The van der Waals surface area contributed by atoms with Gasteiger partial charge in [-0.05, 0) is 48.9 Å². The average Bonchev–Trinajstić information content (AvgIpc) is 2.90. The highest BCUT2D eigenvalue weighted by molar-refractivity contribution is 7.09. The number of hydrogen-bond donors (Lipinski definition) is 0. The Hall–Kier alpha value is -1.67. The summed E-state index contributed by atoms with van der Waals surface area (Å²) in [6.07, 6.45) is 2.11. The molecule has 0 aliphatic carbocycles. The smallest absolute Gasteiger partial charge is 0.0707 e. The van der Waals surface area contributed by atoms with Crippen LogP contribution in [0.15, 0.2) is 47.8 Å². The van der Waals surface area contributed by atoms with Crippen molar-refractivity contribution in [3.8, 4) is 0 Å². The zero-order valence-corrected chi connectivity index (χ0v) is 11.2. The summed E-state index contributed by atoms with van der Waals surface area (Å²) >= 11 is 1.82. The van der Waals surface area contributed by atoms with Crippen LogP contribution >= 0.6 is 11.3 Å². The highest BCUT2D eigenvalue weighted by atomic mass is 32.1. The second kappa shape index (κ2) is 4.91. The van der Waals surface area contributed by atoms with Crippen LogP contribution in [0.3, 0.4) is 0 Å². The third-order valence-corrected chi connectivity index (χ3v) is 4.12. The zero-order valence-electron chi connectivity index (χ0n) is 10.4. The van der Waals surface area contributed by atoms with Crippen LogP contribution < -0.4 is 0 Å². The Balaban J connectivity index is 1.88. The number of thiophene rings is 1. The predicted molar refractivity (Wildman–Crippen MR) is 78.2 cm³/mol. The number of benzene rings is 1. The van der Waals surface area contributed by atoms with Crippen molar-refractivity contribution in [2.45, 2.75) is 19.8 Å². The first-order valence-electron chi connectivity index (χ1n) is 6.20. The molecule has 0 N–H and O–H groups in total.